The predicted octanol–water partition coefficient (Wildman–Crippen LogP) is 3.72. The van der Waals surface area contributed by atoms with E-state index in [1.165, 1.54) is 32.2 Å². The smallest absolute Gasteiger partial charge is 0.191 e. The second-order valence-electron chi connectivity index (χ2n) is 9.41. The summed E-state index contributed by atoms with van der Waals surface area (Å²) in [6.07, 6.45) is 7.79. The Bertz CT molecular complexity index is 739. The molecule has 186 valence electrons. The minimum absolute atomic E-state index is 0. The van der Waals surface area contributed by atoms with Crippen LogP contribution in [0.1, 0.15) is 45.4 Å². The van der Waals surface area contributed by atoms with E-state index in [1.807, 2.05) is 6.07 Å². The van der Waals surface area contributed by atoms with Crippen LogP contribution in [0, 0.1) is 5.92 Å². The molecule has 2 aliphatic carbocycles. The molecule has 1 aromatic rings. The molecule has 0 spiro atoms. The van der Waals surface area contributed by atoms with Gasteiger partial charge in [-0.15, -0.1) is 24.0 Å². The van der Waals surface area contributed by atoms with E-state index >= 15 is 0 Å². The fraction of sp³-hybridized carbons (Fsp3) is 0.720. The summed E-state index contributed by atoms with van der Waals surface area (Å²) in [5, 5.41) is 7.14. The van der Waals surface area contributed by atoms with Crippen LogP contribution in [0.5, 0.6) is 11.5 Å². The van der Waals surface area contributed by atoms with Gasteiger partial charge in [0.15, 0.2) is 5.96 Å². The maximum atomic E-state index is 5.44. The second kappa shape index (κ2) is 12.9. The van der Waals surface area contributed by atoms with Crippen molar-refractivity contribution in [2.75, 3.05) is 58.4 Å². The molecule has 0 radical (unpaired) electrons. The van der Waals surface area contributed by atoms with Gasteiger partial charge < -0.3 is 25.0 Å². The van der Waals surface area contributed by atoms with E-state index in [1.54, 1.807) is 14.2 Å². The molecule has 0 amide bonds. The topological polar surface area (TPSA) is 61.4 Å². The zero-order valence-corrected chi connectivity index (χ0v) is 22.8. The lowest BCUT2D eigenvalue weighted by atomic mass is 10.0. The lowest BCUT2D eigenvalue weighted by Crippen LogP contribution is -2.49. The van der Waals surface area contributed by atoms with Crippen LogP contribution < -0.4 is 25.0 Å². The molecule has 7 nitrogen and oxygen atoms in total. The normalized spacial score (nSPS) is 19.3. The van der Waals surface area contributed by atoms with Crippen molar-refractivity contribution in [3.8, 4) is 11.5 Å². The second-order valence-corrected chi connectivity index (χ2v) is 9.41. The highest BCUT2D eigenvalue weighted by Gasteiger charge is 2.33. The first-order chi connectivity index (χ1) is 15.7. The number of nitrogens with one attached hydrogen (secondary N) is 2. The summed E-state index contributed by atoms with van der Waals surface area (Å²) in [7, 11) is 3.40. The first kappa shape index (κ1) is 26.2. The Morgan fingerprint density at radius 1 is 1.03 bits per heavy atom. The summed E-state index contributed by atoms with van der Waals surface area (Å²) in [6.45, 7) is 8.29. The van der Waals surface area contributed by atoms with Gasteiger partial charge in [-0.1, -0.05) is 0 Å². The van der Waals surface area contributed by atoms with Crippen molar-refractivity contribution in [1.29, 1.82) is 0 Å². The van der Waals surface area contributed by atoms with Gasteiger partial charge >= 0.3 is 0 Å². The van der Waals surface area contributed by atoms with E-state index in [4.69, 9.17) is 14.5 Å². The third kappa shape index (κ3) is 8.09. The highest BCUT2D eigenvalue weighted by molar-refractivity contribution is 14.0. The molecule has 1 saturated heterocycles. The number of benzene rings is 1. The molecule has 33 heavy (non-hydrogen) atoms. The molecule has 1 heterocycles. The van der Waals surface area contributed by atoms with Crippen LogP contribution in [0.2, 0.25) is 0 Å². The summed E-state index contributed by atoms with van der Waals surface area (Å²) >= 11 is 0. The first-order valence-corrected chi connectivity index (χ1v) is 12.5. The molecule has 8 heteroatoms. The van der Waals surface area contributed by atoms with Gasteiger partial charge in [0.1, 0.15) is 11.5 Å². The van der Waals surface area contributed by atoms with Crippen molar-refractivity contribution < 1.29 is 9.47 Å². The van der Waals surface area contributed by atoms with Crippen LogP contribution in [-0.2, 0) is 0 Å². The Hall–Kier alpha value is -1.42. The molecule has 3 aliphatic rings. The minimum atomic E-state index is 0. The van der Waals surface area contributed by atoms with E-state index in [0.717, 1.165) is 80.7 Å². The third-order valence-electron chi connectivity index (χ3n) is 6.79. The molecule has 0 atom stereocenters. The van der Waals surface area contributed by atoms with Crippen LogP contribution in [0.15, 0.2) is 23.2 Å². The lowest BCUT2D eigenvalue weighted by Gasteiger charge is -2.35. The number of anilines is 1. The van der Waals surface area contributed by atoms with Crippen molar-refractivity contribution in [3.05, 3.63) is 18.2 Å². The van der Waals surface area contributed by atoms with Gasteiger partial charge in [0.25, 0.3) is 0 Å². The number of methoxy groups -OCH3 is 2. The van der Waals surface area contributed by atoms with Crippen LogP contribution in [0.3, 0.4) is 0 Å². The highest BCUT2D eigenvalue weighted by atomic mass is 127. The van der Waals surface area contributed by atoms with E-state index < -0.39 is 0 Å². The number of aliphatic imine (C=N–C) groups is 1. The van der Waals surface area contributed by atoms with Crippen molar-refractivity contribution >= 4 is 35.6 Å². The average molecular weight is 572 g/mol. The van der Waals surface area contributed by atoms with Crippen LogP contribution >= 0.6 is 24.0 Å². The van der Waals surface area contributed by atoms with Gasteiger partial charge in [0.05, 0.1) is 20.8 Å². The average Bonchev–Trinajstić information content (AvgIpc) is 3.73. The Morgan fingerprint density at radius 3 is 2.24 bits per heavy atom. The lowest BCUT2D eigenvalue weighted by molar-refractivity contribution is 0.260. The summed E-state index contributed by atoms with van der Waals surface area (Å²) in [6, 6.07) is 7.39. The molecule has 1 aliphatic heterocycles. The summed E-state index contributed by atoms with van der Waals surface area (Å²) < 4.78 is 10.9. The fourth-order valence-electron chi connectivity index (χ4n) is 4.56. The monoisotopic (exact) mass is 571 g/mol. The molecule has 0 aromatic heterocycles. The number of hydrogen-bond acceptors (Lipinski definition) is 5. The van der Waals surface area contributed by atoms with Crippen LogP contribution in [0.4, 0.5) is 5.69 Å². The maximum absolute atomic E-state index is 5.44. The molecule has 0 unspecified atom stereocenters. The van der Waals surface area contributed by atoms with Gasteiger partial charge in [-0.25, -0.2) is 0 Å². The molecule has 0 bridgehead atoms. The van der Waals surface area contributed by atoms with Crippen molar-refractivity contribution in [3.63, 3.8) is 0 Å². The van der Waals surface area contributed by atoms with E-state index in [0.29, 0.717) is 6.04 Å². The minimum Gasteiger partial charge on any atom is -0.497 e. The van der Waals surface area contributed by atoms with Crippen molar-refractivity contribution in [2.24, 2.45) is 10.9 Å². The number of halogens is 1. The molecule has 2 saturated carbocycles. The number of nitrogens with zero attached hydrogens (tertiary/aromatic N) is 3. The van der Waals surface area contributed by atoms with Crippen LogP contribution in [-0.4, -0.2) is 76.4 Å². The standard InChI is InChI=1S/C25H41N5O2.HI/c1-4-26-25(27-11-14-30(21-7-8-21)18-19-5-6-19)28-20-9-12-29(13-10-20)22-15-23(31-2)17-24(16-22)32-3;/h15-17,19-21H,4-14,18H2,1-3H3,(H2,26,27,28);1H. The van der Waals surface area contributed by atoms with Crippen LogP contribution in [0.25, 0.3) is 0 Å². The molecule has 3 fully saturated rings. The van der Waals surface area contributed by atoms with Gasteiger partial charge in [0, 0.05) is 68.7 Å². The predicted molar refractivity (Wildman–Crippen MR) is 147 cm³/mol. The Morgan fingerprint density at radius 2 is 1.70 bits per heavy atom. The van der Waals surface area contributed by atoms with E-state index in [-0.39, 0.29) is 24.0 Å². The largest absolute Gasteiger partial charge is 0.497 e. The molecular formula is C25H42IN5O2. The van der Waals surface area contributed by atoms with Gasteiger partial charge in [-0.2, -0.15) is 0 Å². The number of hydrogen-bond donors (Lipinski definition) is 2. The summed E-state index contributed by atoms with van der Waals surface area (Å²) in [4.78, 5) is 10.0. The highest BCUT2D eigenvalue weighted by Crippen LogP contribution is 2.34. The quantitative estimate of drug-likeness (QED) is 0.240. The first-order valence-electron chi connectivity index (χ1n) is 12.5. The third-order valence-corrected chi connectivity index (χ3v) is 6.79. The molecule has 4 rings (SSSR count). The van der Waals surface area contributed by atoms with E-state index in [9.17, 15) is 0 Å². The molecular weight excluding hydrogens is 529 g/mol. The number of ether oxygens (including phenoxy) is 2. The van der Waals surface area contributed by atoms with Crippen molar-refractivity contribution in [1.82, 2.24) is 15.5 Å². The SMILES string of the molecule is CCNC(=NCCN(CC1CC1)C1CC1)NC1CCN(c2cc(OC)cc(OC)c2)CC1.I. The molecule has 1 aromatic carbocycles. The number of piperidine rings is 1. The Kier molecular flexibility index (Phi) is 10.2. The Balaban J connectivity index is 0.00000306. The maximum Gasteiger partial charge on any atom is 0.191 e. The summed E-state index contributed by atoms with van der Waals surface area (Å²) in [5.74, 6) is 3.60. The summed E-state index contributed by atoms with van der Waals surface area (Å²) in [5.41, 5.74) is 1.16. The number of guanidine groups is 1. The molecule has 2 N–H and O–H groups in total. The Labute approximate surface area is 216 Å². The van der Waals surface area contributed by atoms with Crippen molar-refractivity contribution in [2.45, 2.75) is 57.5 Å². The number of rotatable bonds is 11. The van der Waals surface area contributed by atoms with Gasteiger partial charge in [-0.3, -0.25) is 9.89 Å². The van der Waals surface area contributed by atoms with Gasteiger partial charge in [0.2, 0.25) is 0 Å². The zero-order valence-electron chi connectivity index (χ0n) is 20.5. The zero-order chi connectivity index (χ0) is 22.3. The van der Waals surface area contributed by atoms with E-state index in [2.05, 4.69) is 39.5 Å². The fourth-order valence-corrected chi connectivity index (χ4v) is 4.56. The van der Waals surface area contributed by atoms with Gasteiger partial charge in [-0.05, 0) is 51.4 Å².